The second-order valence-electron chi connectivity index (χ2n) is 4.04. The molecule has 0 heterocycles. The number of nitrogens with zero attached hydrogens (tertiary/aromatic N) is 2. The maximum absolute atomic E-state index is 12.0. The van der Waals surface area contributed by atoms with E-state index in [1.54, 1.807) is 30.3 Å². The minimum Gasteiger partial charge on any atom is -0.502 e. The zero-order chi connectivity index (χ0) is 15.4. The topological polar surface area (TPSA) is 95.7 Å². The lowest BCUT2D eigenvalue weighted by Crippen LogP contribution is -2.26. The number of phenols is 1. The molecule has 8 heteroatoms. The average Bonchev–Trinajstić information content (AvgIpc) is 2.47. The van der Waals surface area contributed by atoms with Gasteiger partial charge in [-0.05, 0) is 24.3 Å². The van der Waals surface area contributed by atoms with Gasteiger partial charge in [-0.25, -0.2) is 9.10 Å². The van der Waals surface area contributed by atoms with E-state index in [2.05, 4.69) is 18.1 Å². The van der Waals surface area contributed by atoms with E-state index in [4.69, 9.17) is 0 Å². The second kappa shape index (κ2) is 6.14. The summed E-state index contributed by atoms with van der Waals surface area (Å²) in [6.45, 7) is 0. The predicted octanol–water partition coefficient (Wildman–Crippen LogP) is 3.18. The summed E-state index contributed by atoms with van der Waals surface area (Å²) in [4.78, 5) is 22.0. The summed E-state index contributed by atoms with van der Waals surface area (Å²) in [6, 6.07) is 11.7. The SMILES string of the molecule is O=C(Nc1ccccc1)N(S)c1ccc(O)c([N+](=O)[O-])c1. The smallest absolute Gasteiger partial charge is 0.336 e. The zero-order valence-corrected chi connectivity index (χ0v) is 11.5. The Morgan fingerprint density at radius 2 is 1.90 bits per heavy atom. The molecule has 0 saturated carbocycles. The number of rotatable bonds is 3. The van der Waals surface area contributed by atoms with Gasteiger partial charge in [-0.1, -0.05) is 31.0 Å². The van der Waals surface area contributed by atoms with Crippen LogP contribution >= 0.6 is 12.8 Å². The molecule has 7 nitrogen and oxygen atoms in total. The predicted molar refractivity (Wildman–Crippen MR) is 81.7 cm³/mol. The lowest BCUT2D eigenvalue weighted by atomic mass is 10.2. The molecular formula is C13H11N3O4S. The van der Waals surface area contributed by atoms with E-state index in [0.29, 0.717) is 5.69 Å². The van der Waals surface area contributed by atoms with Gasteiger partial charge in [0.15, 0.2) is 5.75 Å². The first kappa shape index (κ1) is 14.7. The summed E-state index contributed by atoms with van der Waals surface area (Å²) in [6.07, 6.45) is 0. The van der Waals surface area contributed by atoms with E-state index in [-0.39, 0.29) is 5.69 Å². The van der Waals surface area contributed by atoms with E-state index >= 15 is 0 Å². The third-order valence-corrected chi connectivity index (χ3v) is 3.03. The largest absolute Gasteiger partial charge is 0.502 e. The number of thiol groups is 1. The number of phenolic OH excluding ortho intramolecular Hbond substituents is 1. The number of para-hydroxylation sites is 1. The summed E-state index contributed by atoms with van der Waals surface area (Å²) in [7, 11) is 0. The van der Waals surface area contributed by atoms with Crippen molar-refractivity contribution in [1.82, 2.24) is 0 Å². The van der Waals surface area contributed by atoms with E-state index in [9.17, 15) is 20.0 Å². The number of nitro benzene ring substituents is 1. The molecule has 2 N–H and O–H groups in total. The van der Waals surface area contributed by atoms with Crippen LogP contribution in [0.15, 0.2) is 48.5 Å². The molecule has 0 atom stereocenters. The van der Waals surface area contributed by atoms with Gasteiger partial charge in [0, 0.05) is 11.8 Å². The van der Waals surface area contributed by atoms with Gasteiger partial charge in [-0.3, -0.25) is 10.1 Å². The van der Waals surface area contributed by atoms with Crippen molar-refractivity contribution in [1.29, 1.82) is 0 Å². The third kappa shape index (κ3) is 3.42. The van der Waals surface area contributed by atoms with E-state index < -0.39 is 22.4 Å². The van der Waals surface area contributed by atoms with Gasteiger partial charge in [0.1, 0.15) is 0 Å². The number of carbonyl (C=O) groups excluding carboxylic acids is 1. The number of benzene rings is 2. The minimum atomic E-state index is -0.741. The molecule has 2 aromatic rings. The van der Waals surface area contributed by atoms with Crippen LogP contribution in [0.5, 0.6) is 5.75 Å². The van der Waals surface area contributed by atoms with Gasteiger partial charge in [0.2, 0.25) is 0 Å². The van der Waals surface area contributed by atoms with Crippen LogP contribution in [-0.4, -0.2) is 16.1 Å². The Morgan fingerprint density at radius 3 is 2.52 bits per heavy atom. The monoisotopic (exact) mass is 305 g/mol. The van der Waals surface area contributed by atoms with Crippen LogP contribution in [0.4, 0.5) is 21.9 Å². The molecule has 0 aliphatic heterocycles. The standard InChI is InChI=1S/C13H11N3O4S/c17-12-7-6-10(8-11(12)16(19)20)15(21)13(18)14-9-4-2-1-3-5-9/h1-8,17,21H,(H,14,18). The van der Waals surface area contributed by atoms with Gasteiger partial charge in [-0.15, -0.1) is 0 Å². The molecule has 0 saturated heterocycles. The number of aromatic hydroxyl groups is 1. The fourth-order valence-corrected chi connectivity index (χ4v) is 1.78. The Balaban J connectivity index is 2.19. The van der Waals surface area contributed by atoms with Crippen LogP contribution in [0.25, 0.3) is 0 Å². The van der Waals surface area contributed by atoms with E-state index in [0.717, 1.165) is 16.4 Å². The van der Waals surface area contributed by atoms with Crippen molar-refractivity contribution in [3.05, 3.63) is 58.6 Å². The fourth-order valence-electron chi connectivity index (χ4n) is 1.60. The fraction of sp³-hybridized carbons (Fsp3) is 0. The molecule has 2 amide bonds. The zero-order valence-electron chi connectivity index (χ0n) is 10.6. The molecule has 0 bridgehead atoms. The Hall–Kier alpha value is -2.74. The third-order valence-electron chi connectivity index (χ3n) is 2.62. The summed E-state index contributed by atoms with van der Waals surface area (Å²) in [5.74, 6) is -0.478. The van der Waals surface area contributed by atoms with Crippen molar-refractivity contribution >= 4 is 35.9 Å². The van der Waals surface area contributed by atoms with Crippen molar-refractivity contribution in [2.24, 2.45) is 0 Å². The van der Waals surface area contributed by atoms with Crippen LogP contribution in [0.2, 0.25) is 0 Å². The van der Waals surface area contributed by atoms with Gasteiger partial charge in [0.05, 0.1) is 10.6 Å². The quantitative estimate of drug-likeness (QED) is 0.461. The first-order valence-corrected chi connectivity index (χ1v) is 6.21. The van der Waals surface area contributed by atoms with Crippen molar-refractivity contribution in [2.45, 2.75) is 0 Å². The number of hydrogen-bond donors (Lipinski definition) is 3. The molecule has 0 unspecified atom stereocenters. The molecule has 0 radical (unpaired) electrons. The summed E-state index contributed by atoms with van der Waals surface area (Å²) < 4.78 is 0.916. The number of nitro groups is 1. The Labute approximate surface area is 125 Å². The van der Waals surface area contributed by atoms with Crippen molar-refractivity contribution in [3.63, 3.8) is 0 Å². The number of urea groups is 1. The molecule has 0 fully saturated rings. The van der Waals surface area contributed by atoms with Gasteiger partial charge in [0.25, 0.3) is 0 Å². The Morgan fingerprint density at radius 1 is 1.24 bits per heavy atom. The lowest BCUT2D eigenvalue weighted by Gasteiger charge is -2.16. The summed E-state index contributed by atoms with van der Waals surface area (Å²) >= 11 is 4.01. The molecule has 2 rings (SSSR count). The molecule has 0 aromatic heterocycles. The maximum atomic E-state index is 12.0. The first-order chi connectivity index (χ1) is 9.99. The molecule has 0 aliphatic carbocycles. The highest BCUT2D eigenvalue weighted by atomic mass is 32.1. The number of carbonyl (C=O) groups is 1. The van der Waals surface area contributed by atoms with Crippen LogP contribution in [0.1, 0.15) is 0 Å². The Kier molecular flexibility index (Phi) is 4.29. The normalized spacial score (nSPS) is 9.95. The maximum Gasteiger partial charge on any atom is 0.336 e. The number of hydrogen-bond acceptors (Lipinski definition) is 5. The van der Waals surface area contributed by atoms with Gasteiger partial charge in [-0.2, -0.15) is 0 Å². The molecule has 0 spiro atoms. The van der Waals surface area contributed by atoms with Crippen molar-refractivity contribution < 1.29 is 14.8 Å². The number of nitrogens with one attached hydrogen (secondary N) is 1. The highest BCUT2D eigenvalue weighted by molar-refractivity contribution is 7.82. The van der Waals surface area contributed by atoms with Gasteiger partial charge < -0.3 is 10.4 Å². The Bertz CT molecular complexity index is 678. The van der Waals surface area contributed by atoms with E-state index in [1.165, 1.54) is 6.07 Å². The summed E-state index contributed by atoms with van der Waals surface area (Å²) in [5, 5.41) is 22.7. The highest BCUT2D eigenvalue weighted by Crippen LogP contribution is 2.31. The van der Waals surface area contributed by atoms with Crippen molar-refractivity contribution in [3.8, 4) is 5.75 Å². The van der Waals surface area contributed by atoms with Crippen LogP contribution < -0.4 is 9.62 Å². The number of amides is 2. The molecule has 2 aromatic carbocycles. The second-order valence-corrected chi connectivity index (χ2v) is 4.44. The molecule has 0 aliphatic rings. The summed E-state index contributed by atoms with van der Waals surface area (Å²) in [5.41, 5.74) is 0.227. The highest BCUT2D eigenvalue weighted by Gasteiger charge is 2.19. The van der Waals surface area contributed by atoms with Crippen molar-refractivity contribution in [2.75, 3.05) is 9.62 Å². The molecule has 21 heavy (non-hydrogen) atoms. The molecular weight excluding hydrogens is 294 g/mol. The van der Waals surface area contributed by atoms with Crippen LogP contribution in [0.3, 0.4) is 0 Å². The van der Waals surface area contributed by atoms with Crippen LogP contribution in [0, 0.1) is 10.1 Å². The average molecular weight is 305 g/mol. The molecule has 108 valence electrons. The first-order valence-electron chi connectivity index (χ1n) is 5.81. The minimum absolute atomic E-state index is 0.163. The van der Waals surface area contributed by atoms with Gasteiger partial charge >= 0.3 is 11.7 Å². The van der Waals surface area contributed by atoms with Crippen LogP contribution in [-0.2, 0) is 0 Å². The van der Waals surface area contributed by atoms with E-state index in [1.807, 2.05) is 0 Å². The lowest BCUT2D eigenvalue weighted by molar-refractivity contribution is -0.385. The number of anilines is 2.